The average Bonchev–Trinajstić information content (AvgIpc) is 3.54. The summed E-state index contributed by atoms with van der Waals surface area (Å²) in [6.07, 6.45) is 47.4. The van der Waals surface area contributed by atoms with Crippen molar-refractivity contribution in [3.05, 3.63) is 144 Å². The monoisotopic (exact) mass is 388 g/mol. The molecule has 0 saturated heterocycles. The highest BCUT2D eigenvalue weighted by atomic mass is 14.3. The predicted molar refractivity (Wildman–Crippen MR) is 129 cm³/mol. The molecule has 1 fully saturated rings. The topological polar surface area (TPSA) is 0 Å². The number of rotatable bonds is 4. The van der Waals surface area contributed by atoms with E-state index >= 15 is 0 Å². The van der Waals surface area contributed by atoms with Crippen LogP contribution in [0.15, 0.2) is 144 Å². The van der Waals surface area contributed by atoms with Gasteiger partial charge in [0.1, 0.15) is 0 Å². The average molecular weight is 389 g/mol. The van der Waals surface area contributed by atoms with Crippen LogP contribution < -0.4 is 0 Å². The van der Waals surface area contributed by atoms with Crippen LogP contribution in [0.1, 0.15) is 12.8 Å². The smallest absolute Gasteiger partial charge is 0.0139 e. The molecule has 0 bridgehead atoms. The highest BCUT2D eigenvalue weighted by Gasteiger charge is 2.23. The Labute approximate surface area is 180 Å². The van der Waals surface area contributed by atoms with Crippen molar-refractivity contribution >= 4 is 0 Å². The third-order valence-electron chi connectivity index (χ3n) is 6.27. The van der Waals surface area contributed by atoms with Crippen LogP contribution in [0.4, 0.5) is 0 Å². The lowest BCUT2D eigenvalue weighted by Gasteiger charge is -2.27. The molecule has 0 N–H and O–H groups in total. The molecule has 5 aliphatic carbocycles. The van der Waals surface area contributed by atoms with Gasteiger partial charge in [-0.2, -0.15) is 0 Å². The first-order valence-corrected chi connectivity index (χ1v) is 11.1. The summed E-state index contributed by atoms with van der Waals surface area (Å²) in [6.45, 7) is 0. The fourth-order valence-electron chi connectivity index (χ4n) is 4.70. The minimum absolute atomic E-state index is 0.414. The van der Waals surface area contributed by atoms with Crippen molar-refractivity contribution in [1.82, 2.24) is 0 Å². The second-order valence-electron chi connectivity index (χ2n) is 8.51. The van der Waals surface area contributed by atoms with E-state index in [1.165, 1.54) is 22.3 Å². The lowest BCUT2D eigenvalue weighted by Crippen LogP contribution is -2.10. The van der Waals surface area contributed by atoms with Gasteiger partial charge in [-0.15, -0.1) is 0 Å². The van der Waals surface area contributed by atoms with Crippen LogP contribution >= 0.6 is 0 Å². The molecule has 30 heavy (non-hydrogen) atoms. The van der Waals surface area contributed by atoms with Gasteiger partial charge < -0.3 is 0 Å². The Morgan fingerprint density at radius 3 is 0.767 bits per heavy atom. The largest absolute Gasteiger partial charge is 0.0738 e. The van der Waals surface area contributed by atoms with Crippen LogP contribution in [0.2, 0.25) is 0 Å². The molecule has 0 aromatic carbocycles. The summed E-state index contributed by atoms with van der Waals surface area (Å²) >= 11 is 0. The van der Waals surface area contributed by atoms with Gasteiger partial charge in [0.25, 0.3) is 0 Å². The standard InChI is InChI=1S/C30H28/c1-2-10-23(9-1)17-27-21-29(19-25-13-5-6-14-25)30(20-26-15-7-8-16-26)22-28(27)18-24-11-3-4-12-24/h1-20,23-26H,21-22H2. The lowest BCUT2D eigenvalue weighted by atomic mass is 9.77. The van der Waals surface area contributed by atoms with E-state index in [9.17, 15) is 0 Å². The highest BCUT2D eigenvalue weighted by Crippen LogP contribution is 2.40. The molecular formula is C30H28. The zero-order chi connectivity index (χ0) is 20.2. The third-order valence-corrected chi connectivity index (χ3v) is 6.27. The van der Waals surface area contributed by atoms with E-state index in [1.807, 2.05) is 0 Å². The number of hydrogen-bond donors (Lipinski definition) is 0. The van der Waals surface area contributed by atoms with Gasteiger partial charge in [-0.25, -0.2) is 0 Å². The van der Waals surface area contributed by atoms with Crippen molar-refractivity contribution in [3.63, 3.8) is 0 Å². The summed E-state index contributed by atoms with van der Waals surface area (Å²) in [7, 11) is 0. The van der Waals surface area contributed by atoms with Crippen molar-refractivity contribution in [1.29, 1.82) is 0 Å². The molecule has 5 rings (SSSR count). The Morgan fingerprint density at radius 2 is 0.567 bits per heavy atom. The predicted octanol–water partition coefficient (Wildman–Crippen LogP) is 7.45. The maximum atomic E-state index is 2.47. The van der Waals surface area contributed by atoms with E-state index in [0.29, 0.717) is 23.7 Å². The summed E-state index contributed by atoms with van der Waals surface area (Å²) in [5, 5.41) is 0. The molecule has 0 aromatic rings. The van der Waals surface area contributed by atoms with E-state index in [2.05, 4.69) is 122 Å². The summed E-state index contributed by atoms with van der Waals surface area (Å²) in [5.41, 5.74) is 5.93. The normalized spacial score (nSPS) is 29.1. The van der Waals surface area contributed by atoms with E-state index < -0.39 is 0 Å². The summed E-state index contributed by atoms with van der Waals surface area (Å²) in [6, 6.07) is 0. The minimum Gasteiger partial charge on any atom is -0.0738 e. The molecule has 0 aliphatic heterocycles. The Balaban J connectivity index is 1.53. The third kappa shape index (κ3) is 4.39. The van der Waals surface area contributed by atoms with Crippen molar-refractivity contribution in [3.8, 4) is 0 Å². The lowest BCUT2D eigenvalue weighted by molar-refractivity contribution is 0.887. The van der Waals surface area contributed by atoms with Gasteiger partial charge in [0.2, 0.25) is 0 Å². The van der Waals surface area contributed by atoms with Crippen LogP contribution in [-0.2, 0) is 0 Å². The fourth-order valence-corrected chi connectivity index (χ4v) is 4.70. The molecule has 0 amide bonds. The van der Waals surface area contributed by atoms with Crippen LogP contribution in [-0.4, -0.2) is 0 Å². The van der Waals surface area contributed by atoms with Crippen LogP contribution in [0.3, 0.4) is 0 Å². The van der Waals surface area contributed by atoms with E-state index in [-0.39, 0.29) is 0 Å². The molecule has 0 spiro atoms. The van der Waals surface area contributed by atoms with Gasteiger partial charge in [0.05, 0.1) is 0 Å². The molecule has 0 nitrogen and oxygen atoms in total. The Morgan fingerprint density at radius 1 is 0.367 bits per heavy atom. The van der Waals surface area contributed by atoms with Gasteiger partial charge >= 0.3 is 0 Å². The van der Waals surface area contributed by atoms with Gasteiger partial charge in [0, 0.05) is 23.7 Å². The van der Waals surface area contributed by atoms with E-state index in [1.54, 1.807) is 0 Å². The second-order valence-corrected chi connectivity index (χ2v) is 8.51. The maximum Gasteiger partial charge on any atom is 0.0139 e. The second kappa shape index (κ2) is 8.71. The molecule has 5 aliphatic rings. The maximum absolute atomic E-state index is 2.47. The molecular weight excluding hydrogens is 360 g/mol. The first-order valence-electron chi connectivity index (χ1n) is 11.1. The van der Waals surface area contributed by atoms with Gasteiger partial charge in [-0.1, -0.05) is 122 Å². The molecule has 0 atom stereocenters. The molecule has 148 valence electrons. The number of allylic oxidation sites excluding steroid dienone is 24. The highest BCUT2D eigenvalue weighted by molar-refractivity contribution is 5.54. The molecule has 0 heteroatoms. The van der Waals surface area contributed by atoms with Crippen molar-refractivity contribution in [2.45, 2.75) is 12.8 Å². The quantitative estimate of drug-likeness (QED) is 0.469. The Kier molecular flexibility index (Phi) is 5.48. The van der Waals surface area contributed by atoms with Crippen LogP contribution in [0, 0.1) is 23.7 Å². The van der Waals surface area contributed by atoms with E-state index in [0.717, 1.165) is 12.8 Å². The summed E-state index contributed by atoms with van der Waals surface area (Å²) in [5.74, 6) is 1.65. The van der Waals surface area contributed by atoms with Crippen LogP contribution in [0.25, 0.3) is 0 Å². The first kappa shape index (κ1) is 18.9. The van der Waals surface area contributed by atoms with Gasteiger partial charge in [-0.3, -0.25) is 0 Å². The fraction of sp³-hybridized carbons (Fsp3) is 0.200. The summed E-state index contributed by atoms with van der Waals surface area (Å²) in [4.78, 5) is 0. The van der Waals surface area contributed by atoms with Crippen LogP contribution in [0.5, 0.6) is 0 Å². The summed E-state index contributed by atoms with van der Waals surface area (Å²) < 4.78 is 0. The molecule has 0 radical (unpaired) electrons. The number of hydrogen-bond acceptors (Lipinski definition) is 0. The molecule has 0 heterocycles. The Bertz CT molecular complexity index is 831. The SMILES string of the molecule is C1=CC(C=C2CC(=CC3C=CC=C3)C(=CC3C=CC=C3)CC2=CC2C=CC=C2)C=C1. The first-order chi connectivity index (χ1) is 14.8. The Hall–Kier alpha value is -3.12. The van der Waals surface area contributed by atoms with Gasteiger partial charge in [-0.05, 0) is 35.1 Å². The van der Waals surface area contributed by atoms with Crippen molar-refractivity contribution in [2.75, 3.05) is 0 Å². The molecule has 0 aromatic heterocycles. The zero-order valence-corrected chi connectivity index (χ0v) is 17.3. The van der Waals surface area contributed by atoms with Crippen molar-refractivity contribution in [2.24, 2.45) is 23.7 Å². The minimum atomic E-state index is 0.414. The zero-order valence-electron chi connectivity index (χ0n) is 17.3. The molecule has 1 saturated carbocycles. The van der Waals surface area contributed by atoms with Gasteiger partial charge in [0.15, 0.2) is 0 Å². The van der Waals surface area contributed by atoms with E-state index in [4.69, 9.17) is 0 Å². The molecule has 0 unspecified atom stereocenters. The van der Waals surface area contributed by atoms with Crippen molar-refractivity contribution < 1.29 is 0 Å².